The number of aliphatic hydroxyl groups is 1. The van der Waals surface area contributed by atoms with E-state index >= 15 is 0 Å². The van der Waals surface area contributed by atoms with Crippen LogP contribution in [-0.2, 0) is 11.3 Å². The van der Waals surface area contributed by atoms with Crippen LogP contribution in [0.1, 0.15) is 5.56 Å². The largest absolute Gasteiger partial charge is 0.413 e. The third-order valence-corrected chi connectivity index (χ3v) is 2.10. The highest BCUT2D eigenvalue weighted by atomic mass is 32.1. The summed E-state index contributed by atoms with van der Waals surface area (Å²) < 4.78 is 15.6. The third kappa shape index (κ3) is 2.26. The van der Waals surface area contributed by atoms with Crippen LogP contribution >= 0.6 is 12.2 Å². The van der Waals surface area contributed by atoms with Gasteiger partial charge in [-0.1, -0.05) is 12.1 Å². The molecule has 0 aliphatic rings. The summed E-state index contributed by atoms with van der Waals surface area (Å²) in [5, 5.41) is 8.58. The molecule has 1 N–H and O–H groups in total. The lowest BCUT2D eigenvalue weighted by atomic mass is 10.2. The van der Waals surface area contributed by atoms with Crippen molar-refractivity contribution in [3.05, 3.63) is 28.7 Å². The lowest BCUT2D eigenvalue weighted by Crippen LogP contribution is -1.99. The minimum absolute atomic E-state index is 0.00476. The molecule has 0 aliphatic heterocycles. The van der Waals surface area contributed by atoms with Crippen molar-refractivity contribution in [2.45, 2.75) is 6.61 Å². The molecule has 0 spiro atoms. The van der Waals surface area contributed by atoms with Crippen molar-refractivity contribution >= 4 is 23.4 Å². The van der Waals surface area contributed by atoms with E-state index in [9.17, 15) is 0 Å². The number of rotatable bonds is 4. The van der Waals surface area contributed by atoms with Gasteiger partial charge in [-0.05, 0) is 6.07 Å². The first-order chi connectivity index (χ1) is 7.31. The molecule has 80 valence electrons. The summed E-state index contributed by atoms with van der Waals surface area (Å²) in [7, 11) is 0. The van der Waals surface area contributed by atoms with Crippen LogP contribution in [0.3, 0.4) is 0 Å². The molecule has 1 heterocycles. The Kier molecular flexibility index (Phi) is 3.15. The molecule has 1 aromatic heterocycles. The Morgan fingerprint density at radius 3 is 3.00 bits per heavy atom. The molecule has 0 saturated heterocycles. The minimum Gasteiger partial charge on any atom is -0.413 e. The zero-order valence-electron chi connectivity index (χ0n) is 7.93. The van der Waals surface area contributed by atoms with Crippen LogP contribution in [0.5, 0.6) is 0 Å². The van der Waals surface area contributed by atoms with Crippen LogP contribution in [-0.4, -0.2) is 18.3 Å². The van der Waals surface area contributed by atoms with Crippen LogP contribution in [0.4, 0.5) is 0 Å². The van der Waals surface area contributed by atoms with Crippen molar-refractivity contribution < 1.29 is 18.7 Å². The molecule has 0 atom stereocenters. The summed E-state index contributed by atoms with van der Waals surface area (Å²) in [6.07, 6.45) is 0. The second-order valence-electron chi connectivity index (χ2n) is 2.97. The van der Waals surface area contributed by atoms with Crippen molar-refractivity contribution in [2.75, 3.05) is 13.2 Å². The normalized spacial score (nSPS) is 11.0. The van der Waals surface area contributed by atoms with Crippen molar-refractivity contribution in [3.63, 3.8) is 0 Å². The topological polar surface area (TPSA) is 55.7 Å². The Labute approximate surface area is 91.1 Å². The first-order valence-corrected chi connectivity index (χ1v) is 4.92. The maximum Gasteiger partial charge on any atom is 0.363 e. The van der Waals surface area contributed by atoms with Gasteiger partial charge in [0.2, 0.25) is 0 Å². The summed E-state index contributed by atoms with van der Waals surface area (Å²) in [6.45, 7) is 0.676. The molecular weight excluding hydrogens is 216 g/mol. The van der Waals surface area contributed by atoms with Gasteiger partial charge in [-0.3, -0.25) is 0 Å². The molecule has 0 unspecified atom stereocenters. The van der Waals surface area contributed by atoms with Gasteiger partial charge in [0.25, 0.3) is 0 Å². The third-order valence-electron chi connectivity index (χ3n) is 1.93. The summed E-state index contributed by atoms with van der Waals surface area (Å²) in [5.74, 6) is 0. The molecule has 4 nitrogen and oxygen atoms in total. The lowest BCUT2D eigenvalue weighted by Gasteiger charge is -2.01. The van der Waals surface area contributed by atoms with E-state index in [-0.39, 0.29) is 11.5 Å². The Morgan fingerprint density at radius 2 is 2.20 bits per heavy atom. The van der Waals surface area contributed by atoms with Gasteiger partial charge in [0, 0.05) is 17.8 Å². The highest BCUT2D eigenvalue weighted by Gasteiger charge is 2.06. The second-order valence-corrected chi connectivity index (χ2v) is 3.31. The van der Waals surface area contributed by atoms with Crippen LogP contribution in [0, 0.1) is 4.90 Å². The van der Waals surface area contributed by atoms with E-state index in [2.05, 4.69) is 0 Å². The lowest BCUT2D eigenvalue weighted by molar-refractivity contribution is 0.0817. The van der Waals surface area contributed by atoms with E-state index in [1.807, 2.05) is 12.1 Å². The molecule has 1 aromatic carbocycles. The molecule has 0 aliphatic carbocycles. The van der Waals surface area contributed by atoms with Gasteiger partial charge in [-0.25, -0.2) is 0 Å². The van der Waals surface area contributed by atoms with E-state index in [4.69, 9.17) is 30.9 Å². The van der Waals surface area contributed by atoms with Crippen LogP contribution in [0.2, 0.25) is 0 Å². The van der Waals surface area contributed by atoms with E-state index in [1.54, 1.807) is 6.07 Å². The number of hydrogen-bond donors (Lipinski definition) is 1. The zero-order chi connectivity index (χ0) is 10.7. The van der Waals surface area contributed by atoms with E-state index in [0.29, 0.717) is 24.4 Å². The number of aliphatic hydroxyl groups excluding tert-OH is 1. The maximum absolute atomic E-state index is 8.58. The molecule has 0 bridgehead atoms. The first kappa shape index (κ1) is 10.4. The fourth-order valence-electron chi connectivity index (χ4n) is 1.31. The maximum atomic E-state index is 8.58. The Bertz CT molecular complexity index is 499. The molecule has 2 rings (SSSR count). The quantitative estimate of drug-likeness (QED) is 0.640. The zero-order valence-corrected chi connectivity index (χ0v) is 8.75. The number of para-hydroxylation sites is 1. The van der Waals surface area contributed by atoms with E-state index in [0.717, 1.165) is 5.56 Å². The average Bonchev–Trinajstić information content (AvgIpc) is 2.59. The fourth-order valence-corrected chi connectivity index (χ4v) is 1.48. The number of hydrogen-bond acceptors (Lipinski definition) is 5. The van der Waals surface area contributed by atoms with Gasteiger partial charge >= 0.3 is 4.90 Å². The van der Waals surface area contributed by atoms with Gasteiger partial charge in [0.15, 0.2) is 11.2 Å². The smallest absolute Gasteiger partial charge is 0.363 e. The monoisotopic (exact) mass is 226 g/mol. The number of ether oxygens (including phenoxy) is 1. The van der Waals surface area contributed by atoms with E-state index < -0.39 is 0 Å². The predicted octanol–water partition coefficient (Wildman–Crippen LogP) is 2.26. The summed E-state index contributed by atoms with van der Waals surface area (Å²) in [6, 6.07) is 5.49. The summed E-state index contributed by atoms with van der Waals surface area (Å²) in [4.78, 5) is 0.111. The fraction of sp³-hybridized carbons (Fsp3) is 0.300. The highest BCUT2D eigenvalue weighted by Crippen LogP contribution is 2.21. The van der Waals surface area contributed by atoms with Gasteiger partial charge in [-0.2, -0.15) is 0 Å². The van der Waals surface area contributed by atoms with Crippen molar-refractivity contribution in [2.24, 2.45) is 0 Å². The Hall–Kier alpha value is -1.17. The molecule has 0 radical (unpaired) electrons. The van der Waals surface area contributed by atoms with Gasteiger partial charge in [-0.15, -0.1) is 0 Å². The Balaban J connectivity index is 2.29. The molecule has 5 heteroatoms. The predicted molar refractivity (Wildman–Crippen MR) is 56.1 cm³/mol. The van der Waals surface area contributed by atoms with E-state index in [1.165, 1.54) is 0 Å². The molecule has 15 heavy (non-hydrogen) atoms. The van der Waals surface area contributed by atoms with Gasteiger partial charge in [0.1, 0.15) is 0 Å². The molecule has 0 saturated carbocycles. The van der Waals surface area contributed by atoms with Crippen molar-refractivity contribution in [1.29, 1.82) is 0 Å². The van der Waals surface area contributed by atoms with Gasteiger partial charge in [0.05, 0.1) is 19.8 Å². The van der Waals surface area contributed by atoms with Crippen molar-refractivity contribution in [1.82, 2.24) is 0 Å². The SMILES string of the molecule is OCCOCc1cccc2oc(=S)oc12. The number of fused-ring (bicyclic) bond motifs is 1. The van der Waals surface area contributed by atoms with Crippen LogP contribution in [0.25, 0.3) is 11.2 Å². The molecule has 0 fully saturated rings. The molecule has 0 amide bonds. The van der Waals surface area contributed by atoms with Crippen LogP contribution < -0.4 is 0 Å². The first-order valence-electron chi connectivity index (χ1n) is 4.51. The summed E-state index contributed by atoms with van der Waals surface area (Å²) >= 11 is 4.79. The van der Waals surface area contributed by atoms with Gasteiger partial charge < -0.3 is 18.7 Å². The van der Waals surface area contributed by atoms with Crippen molar-refractivity contribution in [3.8, 4) is 0 Å². The highest BCUT2D eigenvalue weighted by molar-refractivity contribution is 7.71. The summed E-state index contributed by atoms with van der Waals surface area (Å²) in [5.41, 5.74) is 2.09. The second kappa shape index (κ2) is 4.57. The molecular formula is C10H10O4S. The molecule has 2 aromatic rings. The minimum atomic E-state index is 0.00476. The van der Waals surface area contributed by atoms with Crippen LogP contribution in [0.15, 0.2) is 27.0 Å². The Morgan fingerprint density at radius 1 is 1.33 bits per heavy atom. The number of benzene rings is 1. The standard InChI is InChI=1S/C10H10O4S/c11-4-5-12-6-7-2-1-3-8-9(7)14-10(15)13-8/h1-3,11H,4-6H2. The average molecular weight is 226 g/mol.